The van der Waals surface area contributed by atoms with Crippen LogP contribution in [0.3, 0.4) is 0 Å². The second kappa shape index (κ2) is 3.94. The quantitative estimate of drug-likeness (QED) is 0.802. The van der Waals surface area contributed by atoms with Crippen LogP contribution in [0.15, 0.2) is 10.6 Å². The molecule has 4 nitrogen and oxygen atoms in total. The predicted octanol–water partition coefficient (Wildman–Crippen LogP) is 1.60. The molecule has 0 spiro atoms. The van der Waals surface area contributed by atoms with Crippen molar-refractivity contribution in [2.24, 2.45) is 0 Å². The molecule has 4 heteroatoms. The van der Waals surface area contributed by atoms with Gasteiger partial charge < -0.3 is 14.5 Å². The summed E-state index contributed by atoms with van der Waals surface area (Å²) in [6, 6.07) is 0. The Balaban J connectivity index is 1.71. The highest BCUT2D eigenvalue weighted by Gasteiger charge is 2.26. The van der Waals surface area contributed by atoms with E-state index in [4.69, 9.17) is 9.15 Å². The molecule has 1 unspecified atom stereocenters. The van der Waals surface area contributed by atoms with Gasteiger partial charge in [-0.15, -0.1) is 0 Å². The third-order valence-electron chi connectivity index (χ3n) is 3.24. The van der Waals surface area contributed by atoms with Gasteiger partial charge in [0.25, 0.3) is 0 Å². The smallest absolute Gasteiger partial charge is 0.197 e. The van der Waals surface area contributed by atoms with Crippen molar-refractivity contribution in [3.8, 4) is 0 Å². The predicted molar refractivity (Wildman–Crippen MR) is 54.7 cm³/mol. The molecule has 1 aromatic heterocycles. The molecule has 1 aromatic rings. The number of oxazole rings is 1. The van der Waals surface area contributed by atoms with Gasteiger partial charge in [0.2, 0.25) is 0 Å². The van der Waals surface area contributed by atoms with Crippen molar-refractivity contribution in [1.29, 1.82) is 0 Å². The Morgan fingerprint density at radius 3 is 3.00 bits per heavy atom. The zero-order valence-electron chi connectivity index (χ0n) is 8.74. The molecule has 1 aliphatic carbocycles. The van der Waals surface area contributed by atoms with E-state index in [9.17, 15) is 0 Å². The number of morpholine rings is 1. The van der Waals surface area contributed by atoms with Gasteiger partial charge in [0.05, 0.1) is 12.8 Å². The first-order chi connectivity index (χ1) is 7.43. The van der Waals surface area contributed by atoms with E-state index in [0.717, 1.165) is 31.3 Å². The number of hydrogen-bond donors (Lipinski definition) is 1. The second-order valence-corrected chi connectivity index (χ2v) is 4.29. The highest BCUT2D eigenvalue weighted by molar-refractivity contribution is 5.05. The molecule has 0 radical (unpaired) electrons. The van der Waals surface area contributed by atoms with Crippen LogP contribution in [0, 0.1) is 0 Å². The highest BCUT2D eigenvalue weighted by Crippen LogP contribution is 2.36. The minimum Gasteiger partial charge on any atom is -0.443 e. The Bertz CT molecular complexity index is 327. The van der Waals surface area contributed by atoms with Crippen molar-refractivity contribution >= 4 is 0 Å². The summed E-state index contributed by atoms with van der Waals surface area (Å²) in [5.74, 6) is 2.35. The number of ether oxygens (including phenoxy) is 1. The number of hydrogen-bond acceptors (Lipinski definition) is 4. The highest BCUT2D eigenvalue weighted by atomic mass is 16.5. The largest absolute Gasteiger partial charge is 0.443 e. The molecule has 2 heterocycles. The Hall–Kier alpha value is -0.870. The summed E-state index contributed by atoms with van der Waals surface area (Å²) in [7, 11) is 0. The maximum absolute atomic E-state index is 5.75. The average molecular weight is 208 g/mol. The number of nitrogens with one attached hydrogen (secondary N) is 1. The summed E-state index contributed by atoms with van der Waals surface area (Å²) in [6.45, 7) is 2.52. The molecule has 2 fully saturated rings. The maximum atomic E-state index is 5.75. The Morgan fingerprint density at radius 2 is 2.33 bits per heavy atom. The summed E-state index contributed by atoms with van der Waals surface area (Å²) in [5, 5.41) is 3.29. The molecule has 15 heavy (non-hydrogen) atoms. The number of rotatable bonds is 2. The van der Waals surface area contributed by atoms with Crippen LogP contribution < -0.4 is 5.32 Å². The summed E-state index contributed by atoms with van der Waals surface area (Å²) in [5.41, 5.74) is 0. The van der Waals surface area contributed by atoms with Crippen LogP contribution in [0.2, 0.25) is 0 Å². The molecule has 0 bridgehead atoms. The van der Waals surface area contributed by atoms with Gasteiger partial charge in [-0.1, -0.05) is 6.42 Å². The van der Waals surface area contributed by atoms with Gasteiger partial charge in [-0.25, -0.2) is 4.98 Å². The zero-order valence-corrected chi connectivity index (χ0v) is 8.74. The number of aromatic nitrogens is 1. The van der Waals surface area contributed by atoms with E-state index in [0.29, 0.717) is 5.92 Å². The SMILES string of the molecule is c1nc(C2CCC2)oc1C1CNCCO1. The average Bonchev–Trinajstić information content (AvgIpc) is 2.66. The minimum atomic E-state index is 0.0556. The lowest BCUT2D eigenvalue weighted by Crippen LogP contribution is -2.33. The van der Waals surface area contributed by atoms with Crippen molar-refractivity contribution in [3.05, 3.63) is 17.8 Å². The topological polar surface area (TPSA) is 47.3 Å². The Kier molecular flexibility index (Phi) is 2.46. The van der Waals surface area contributed by atoms with E-state index < -0.39 is 0 Å². The van der Waals surface area contributed by atoms with Crippen LogP contribution in [-0.2, 0) is 4.74 Å². The van der Waals surface area contributed by atoms with Crippen LogP contribution in [-0.4, -0.2) is 24.7 Å². The van der Waals surface area contributed by atoms with E-state index in [1.807, 2.05) is 6.20 Å². The van der Waals surface area contributed by atoms with Gasteiger partial charge in [0, 0.05) is 19.0 Å². The van der Waals surface area contributed by atoms with Crippen LogP contribution >= 0.6 is 0 Å². The minimum absolute atomic E-state index is 0.0556. The molecule has 0 aromatic carbocycles. The van der Waals surface area contributed by atoms with Crippen molar-refractivity contribution in [2.45, 2.75) is 31.3 Å². The van der Waals surface area contributed by atoms with E-state index in [2.05, 4.69) is 10.3 Å². The molecule has 82 valence electrons. The summed E-state index contributed by atoms with van der Waals surface area (Å²) < 4.78 is 11.4. The lowest BCUT2D eigenvalue weighted by Gasteiger charge is -2.23. The molecule has 1 aliphatic heterocycles. The maximum Gasteiger partial charge on any atom is 0.197 e. The molecule has 1 saturated heterocycles. The van der Waals surface area contributed by atoms with Crippen LogP contribution in [0.25, 0.3) is 0 Å². The first-order valence-corrected chi connectivity index (χ1v) is 5.71. The Morgan fingerprint density at radius 1 is 1.40 bits per heavy atom. The van der Waals surface area contributed by atoms with Crippen molar-refractivity contribution in [2.75, 3.05) is 19.7 Å². The van der Waals surface area contributed by atoms with Gasteiger partial charge in [-0.05, 0) is 12.8 Å². The molecule has 2 aliphatic rings. The molecule has 1 saturated carbocycles. The zero-order chi connectivity index (χ0) is 10.1. The van der Waals surface area contributed by atoms with Crippen molar-refractivity contribution in [1.82, 2.24) is 10.3 Å². The first-order valence-electron chi connectivity index (χ1n) is 5.71. The van der Waals surface area contributed by atoms with Crippen LogP contribution in [0.5, 0.6) is 0 Å². The van der Waals surface area contributed by atoms with Crippen LogP contribution in [0.1, 0.15) is 42.9 Å². The molecule has 1 atom stereocenters. The van der Waals surface area contributed by atoms with E-state index in [1.54, 1.807) is 0 Å². The normalized spacial score (nSPS) is 27.6. The molecular formula is C11H16N2O2. The fourth-order valence-corrected chi connectivity index (χ4v) is 2.04. The second-order valence-electron chi connectivity index (χ2n) is 4.29. The standard InChI is InChI=1S/C11H16N2O2/c1-2-8(3-1)11-13-7-10(15-11)9-6-12-4-5-14-9/h7-9,12H,1-6H2. The van der Waals surface area contributed by atoms with E-state index in [-0.39, 0.29) is 6.10 Å². The lowest BCUT2D eigenvalue weighted by molar-refractivity contribution is 0.0131. The molecular weight excluding hydrogens is 192 g/mol. The fourth-order valence-electron chi connectivity index (χ4n) is 2.04. The number of nitrogens with zero attached hydrogens (tertiary/aromatic N) is 1. The van der Waals surface area contributed by atoms with Gasteiger partial charge in [-0.3, -0.25) is 0 Å². The lowest BCUT2D eigenvalue weighted by atomic mass is 9.85. The molecule has 1 N–H and O–H groups in total. The van der Waals surface area contributed by atoms with Crippen LogP contribution in [0.4, 0.5) is 0 Å². The molecule has 3 rings (SSSR count). The molecule has 0 amide bonds. The van der Waals surface area contributed by atoms with Gasteiger partial charge >= 0.3 is 0 Å². The first kappa shape index (κ1) is 9.36. The Labute approximate surface area is 89.0 Å². The summed E-state index contributed by atoms with van der Waals surface area (Å²) in [6.07, 6.45) is 5.64. The third-order valence-corrected chi connectivity index (χ3v) is 3.24. The third kappa shape index (κ3) is 1.79. The fraction of sp³-hybridized carbons (Fsp3) is 0.727. The monoisotopic (exact) mass is 208 g/mol. The van der Waals surface area contributed by atoms with E-state index >= 15 is 0 Å². The van der Waals surface area contributed by atoms with Gasteiger partial charge in [0.1, 0.15) is 6.10 Å². The van der Waals surface area contributed by atoms with E-state index in [1.165, 1.54) is 19.3 Å². The summed E-state index contributed by atoms with van der Waals surface area (Å²) >= 11 is 0. The van der Waals surface area contributed by atoms with Gasteiger partial charge in [-0.2, -0.15) is 0 Å². The van der Waals surface area contributed by atoms with Crippen molar-refractivity contribution in [3.63, 3.8) is 0 Å². The summed E-state index contributed by atoms with van der Waals surface area (Å²) in [4.78, 5) is 4.34. The van der Waals surface area contributed by atoms with Gasteiger partial charge in [0.15, 0.2) is 11.7 Å². The van der Waals surface area contributed by atoms with Crippen molar-refractivity contribution < 1.29 is 9.15 Å².